The summed E-state index contributed by atoms with van der Waals surface area (Å²) in [5, 5.41) is 0. The maximum Gasteiger partial charge on any atom is -0.0270 e. The van der Waals surface area contributed by atoms with Crippen molar-refractivity contribution in [2.24, 2.45) is 0 Å². The van der Waals surface area contributed by atoms with Gasteiger partial charge < -0.3 is 0 Å². The molecule has 0 unspecified atom stereocenters. The Balaban J connectivity index is 2.43. The fourth-order valence-corrected chi connectivity index (χ4v) is 6.38. The molecule has 0 heterocycles. The Labute approximate surface area is 244 Å². The number of unbranched alkanes of at least 4 members (excludes halogenated alkanes) is 6. The lowest BCUT2D eigenvalue weighted by Gasteiger charge is -2.22. The van der Waals surface area contributed by atoms with Crippen molar-refractivity contribution in [2.45, 2.75) is 176 Å². The highest BCUT2D eigenvalue weighted by Crippen LogP contribution is 2.30. The van der Waals surface area contributed by atoms with Gasteiger partial charge in [-0.1, -0.05) is 104 Å². The predicted octanol–water partition coefficient (Wildman–Crippen LogP) is 11.9. The summed E-state index contributed by atoms with van der Waals surface area (Å²) in [6, 6.07) is 10.1. The molecule has 0 heteroatoms. The third kappa shape index (κ3) is 11.1. The van der Waals surface area contributed by atoms with Gasteiger partial charge in [-0.25, -0.2) is 0 Å². The van der Waals surface area contributed by atoms with Crippen LogP contribution in [0.3, 0.4) is 0 Å². The third-order valence-electron chi connectivity index (χ3n) is 8.86. The highest BCUT2D eigenvalue weighted by molar-refractivity contribution is 5.44. The van der Waals surface area contributed by atoms with E-state index >= 15 is 0 Å². The smallest absolute Gasteiger partial charge is 0.0270 e. The second-order valence-corrected chi connectivity index (χ2v) is 12.2. The number of benzene rings is 2. The number of hydrogen-bond acceptors (Lipinski definition) is 0. The fraction of sp³-hybridized carbons (Fsp3) is 0.692. The van der Waals surface area contributed by atoms with E-state index < -0.39 is 0 Å². The molecule has 0 saturated carbocycles. The molecule has 2 rings (SSSR count). The van der Waals surface area contributed by atoms with Crippen LogP contribution < -0.4 is 0 Å². The summed E-state index contributed by atoms with van der Waals surface area (Å²) in [7, 11) is 0. The van der Waals surface area contributed by atoms with Crippen LogP contribution in [0.4, 0.5) is 0 Å². The van der Waals surface area contributed by atoms with E-state index in [0.29, 0.717) is 0 Å². The standard InChI is InChI=1S/C39H64/c1-7-13-20-32-28-30-34(22-15-9-3)38(36(32)24-17-11-5)26-19-27-39-35(23-16-10-4)31-29-33(21-14-8-2)37(39)25-18-12-6/h28-31H,7-27H2,1-6H3. The first kappa shape index (κ1) is 33.6. The van der Waals surface area contributed by atoms with Crippen LogP contribution in [-0.4, -0.2) is 0 Å². The molecule has 2 aromatic rings. The molecule has 0 fully saturated rings. The van der Waals surface area contributed by atoms with Gasteiger partial charge in [0.15, 0.2) is 0 Å². The summed E-state index contributed by atoms with van der Waals surface area (Å²) in [5.41, 5.74) is 13.6. The lowest BCUT2D eigenvalue weighted by atomic mass is 9.83. The first-order chi connectivity index (χ1) is 19.1. The Bertz CT molecular complexity index is 843. The van der Waals surface area contributed by atoms with E-state index in [9.17, 15) is 0 Å². The third-order valence-corrected chi connectivity index (χ3v) is 8.86. The van der Waals surface area contributed by atoms with Crippen molar-refractivity contribution in [3.8, 4) is 0 Å². The molecular formula is C39H64. The van der Waals surface area contributed by atoms with E-state index in [1.54, 1.807) is 44.5 Å². The molecule has 0 radical (unpaired) electrons. The average Bonchev–Trinajstić information content (AvgIpc) is 2.96. The van der Waals surface area contributed by atoms with Crippen LogP contribution in [0.2, 0.25) is 0 Å². The van der Waals surface area contributed by atoms with Crippen molar-refractivity contribution < 1.29 is 0 Å². The molecular weight excluding hydrogens is 468 g/mol. The van der Waals surface area contributed by atoms with Crippen LogP contribution in [0.5, 0.6) is 0 Å². The minimum absolute atomic E-state index is 1.26. The quantitative estimate of drug-likeness (QED) is 0.141. The largest absolute Gasteiger partial charge is 0.0654 e. The summed E-state index contributed by atoms with van der Waals surface area (Å²) in [5.74, 6) is 0. The molecule has 0 aliphatic carbocycles. The maximum absolute atomic E-state index is 2.52. The van der Waals surface area contributed by atoms with Crippen LogP contribution in [0.25, 0.3) is 0 Å². The Hall–Kier alpha value is -1.56. The van der Waals surface area contributed by atoms with Crippen LogP contribution in [0.15, 0.2) is 24.3 Å². The van der Waals surface area contributed by atoms with Crippen molar-refractivity contribution in [1.29, 1.82) is 0 Å². The summed E-state index contributed by atoms with van der Waals surface area (Å²) in [6.07, 6.45) is 27.1. The van der Waals surface area contributed by atoms with Gasteiger partial charge in [0.2, 0.25) is 0 Å². The van der Waals surface area contributed by atoms with Crippen molar-refractivity contribution in [2.75, 3.05) is 0 Å². The highest BCUT2D eigenvalue weighted by atomic mass is 14.2. The van der Waals surface area contributed by atoms with Crippen molar-refractivity contribution in [1.82, 2.24) is 0 Å². The number of hydrogen-bond donors (Lipinski definition) is 0. The molecule has 2 aromatic carbocycles. The van der Waals surface area contributed by atoms with E-state index in [1.165, 1.54) is 135 Å². The SMILES string of the molecule is CCCCc1ccc(CCCC)c(CCCc2c(CCCC)ccc(CCCC)c2CCCC)c1CCCC. The van der Waals surface area contributed by atoms with Gasteiger partial charge in [0.05, 0.1) is 0 Å². The molecule has 0 aromatic heterocycles. The van der Waals surface area contributed by atoms with Gasteiger partial charge in [0, 0.05) is 0 Å². The van der Waals surface area contributed by atoms with Crippen LogP contribution in [-0.2, 0) is 51.4 Å². The average molecular weight is 533 g/mol. The minimum Gasteiger partial charge on any atom is -0.0654 e. The second-order valence-electron chi connectivity index (χ2n) is 12.2. The van der Waals surface area contributed by atoms with E-state index in [4.69, 9.17) is 0 Å². The molecule has 0 aliphatic heterocycles. The summed E-state index contributed by atoms with van der Waals surface area (Å²) in [6.45, 7) is 14.1. The monoisotopic (exact) mass is 533 g/mol. The molecule has 39 heavy (non-hydrogen) atoms. The van der Waals surface area contributed by atoms with Gasteiger partial charge in [-0.2, -0.15) is 0 Å². The second kappa shape index (κ2) is 20.3. The molecule has 0 bridgehead atoms. The van der Waals surface area contributed by atoms with Crippen LogP contribution in [0.1, 0.15) is 170 Å². The molecule has 220 valence electrons. The zero-order valence-corrected chi connectivity index (χ0v) is 27.2. The fourth-order valence-electron chi connectivity index (χ4n) is 6.38. The van der Waals surface area contributed by atoms with Crippen LogP contribution in [0, 0.1) is 0 Å². The Kier molecular flexibility index (Phi) is 17.5. The zero-order valence-electron chi connectivity index (χ0n) is 27.2. The lowest BCUT2D eigenvalue weighted by molar-refractivity contribution is 0.707. The maximum atomic E-state index is 2.52. The predicted molar refractivity (Wildman–Crippen MR) is 177 cm³/mol. The normalized spacial score (nSPS) is 11.4. The topological polar surface area (TPSA) is 0 Å². The zero-order chi connectivity index (χ0) is 28.3. The number of rotatable bonds is 22. The molecule has 0 spiro atoms. The highest BCUT2D eigenvalue weighted by Gasteiger charge is 2.16. The molecule has 0 atom stereocenters. The summed E-state index contributed by atoms with van der Waals surface area (Å²) < 4.78 is 0. The van der Waals surface area contributed by atoms with Gasteiger partial charge in [-0.3, -0.25) is 0 Å². The van der Waals surface area contributed by atoms with Crippen molar-refractivity contribution in [3.05, 3.63) is 68.8 Å². The van der Waals surface area contributed by atoms with Crippen LogP contribution >= 0.6 is 0 Å². The Morgan fingerprint density at radius 3 is 0.718 bits per heavy atom. The Morgan fingerprint density at radius 1 is 0.282 bits per heavy atom. The Morgan fingerprint density at radius 2 is 0.487 bits per heavy atom. The molecule has 0 saturated heterocycles. The van der Waals surface area contributed by atoms with Gasteiger partial charge in [-0.15, -0.1) is 0 Å². The molecule has 0 nitrogen and oxygen atoms in total. The first-order valence-electron chi connectivity index (χ1n) is 17.4. The molecule has 0 amide bonds. The lowest BCUT2D eigenvalue weighted by Crippen LogP contribution is -2.09. The summed E-state index contributed by atoms with van der Waals surface area (Å²) in [4.78, 5) is 0. The minimum atomic E-state index is 1.26. The van der Waals surface area contributed by atoms with Crippen molar-refractivity contribution in [3.63, 3.8) is 0 Å². The van der Waals surface area contributed by atoms with E-state index in [-0.39, 0.29) is 0 Å². The van der Waals surface area contributed by atoms with Gasteiger partial charge in [0.25, 0.3) is 0 Å². The molecule has 0 aliphatic rings. The van der Waals surface area contributed by atoms with Gasteiger partial charge in [0.1, 0.15) is 0 Å². The molecule has 0 N–H and O–H groups in total. The first-order valence-corrected chi connectivity index (χ1v) is 17.4. The van der Waals surface area contributed by atoms with E-state index in [1.807, 2.05) is 0 Å². The van der Waals surface area contributed by atoms with Crippen molar-refractivity contribution >= 4 is 0 Å². The van der Waals surface area contributed by atoms with Gasteiger partial charge >= 0.3 is 0 Å². The van der Waals surface area contributed by atoms with E-state index in [0.717, 1.165) is 0 Å². The van der Waals surface area contributed by atoms with E-state index in [2.05, 4.69) is 65.8 Å². The van der Waals surface area contributed by atoms with Gasteiger partial charge in [-0.05, 0) is 141 Å². The summed E-state index contributed by atoms with van der Waals surface area (Å²) >= 11 is 0. The number of aryl methyl sites for hydroxylation is 4.